The Labute approximate surface area is 92.5 Å². The Hall–Kier alpha value is -0.930. The van der Waals surface area contributed by atoms with Gasteiger partial charge in [-0.05, 0) is 32.6 Å². The molecule has 0 fully saturated rings. The van der Waals surface area contributed by atoms with E-state index in [-0.39, 0.29) is 0 Å². The van der Waals surface area contributed by atoms with Crippen molar-refractivity contribution < 1.29 is 0 Å². The van der Waals surface area contributed by atoms with Gasteiger partial charge >= 0.3 is 0 Å². The molecule has 0 aliphatic heterocycles. The van der Waals surface area contributed by atoms with Gasteiger partial charge in [-0.25, -0.2) is 0 Å². The molecule has 1 rings (SSSR count). The van der Waals surface area contributed by atoms with Gasteiger partial charge in [0.15, 0.2) is 0 Å². The van der Waals surface area contributed by atoms with Gasteiger partial charge in [0.25, 0.3) is 0 Å². The molecule has 3 nitrogen and oxygen atoms in total. The Bertz CT molecular complexity index is 257. The fourth-order valence-corrected chi connectivity index (χ4v) is 1.63. The van der Waals surface area contributed by atoms with Crippen LogP contribution in [0.25, 0.3) is 0 Å². The summed E-state index contributed by atoms with van der Waals surface area (Å²) in [6.45, 7) is 4.18. The third-order valence-electron chi connectivity index (χ3n) is 2.59. The number of likely N-dealkylation sites (N-methyl/N-ethyl adjacent to an activating group) is 2. The van der Waals surface area contributed by atoms with E-state index in [9.17, 15) is 0 Å². The lowest BCUT2D eigenvalue weighted by Gasteiger charge is -2.22. The summed E-state index contributed by atoms with van der Waals surface area (Å²) in [6.07, 6.45) is 3.00. The molecule has 84 valence electrons. The van der Waals surface area contributed by atoms with Crippen LogP contribution in [0.3, 0.4) is 0 Å². The van der Waals surface area contributed by atoms with Crippen molar-refractivity contribution in [1.82, 2.24) is 15.2 Å². The Balaban J connectivity index is 2.39. The van der Waals surface area contributed by atoms with Gasteiger partial charge in [-0.15, -0.1) is 0 Å². The van der Waals surface area contributed by atoms with E-state index in [0.29, 0.717) is 6.04 Å². The van der Waals surface area contributed by atoms with Gasteiger partial charge in [0.1, 0.15) is 0 Å². The molecule has 0 aromatic carbocycles. The molecule has 0 radical (unpaired) electrons. The van der Waals surface area contributed by atoms with Crippen molar-refractivity contribution in [3.8, 4) is 0 Å². The Morgan fingerprint density at radius 2 is 2.27 bits per heavy atom. The van der Waals surface area contributed by atoms with Crippen molar-refractivity contribution in [1.29, 1.82) is 0 Å². The first-order chi connectivity index (χ1) is 7.26. The number of hydrogen-bond donors (Lipinski definition) is 1. The van der Waals surface area contributed by atoms with E-state index in [1.54, 1.807) is 0 Å². The summed E-state index contributed by atoms with van der Waals surface area (Å²) in [5.74, 6) is 0. The van der Waals surface area contributed by atoms with Gasteiger partial charge in [-0.1, -0.05) is 13.0 Å². The predicted molar refractivity (Wildman–Crippen MR) is 63.7 cm³/mol. The zero-order valence-corrected chi connectivity index (χ0v) is 9.90. The third kappa shape index (κ3) is 4.40. The van der Waals surface area contributed by atoms with E-state index in [4.69, 9.17) is 0 Å². The van der Waals surface area contributed by atoms with Crippen LogP contribution in [0, 0.1) is 0 Å². The second-order valence-electron chi connectivity index (χ2n) is 3.91. The largest absolute Gasteiger partial charge is 0.316 e. The average Bonchev–Trinajstić information content (AvgIpc) is 2.27. The molecule has 1 unspecified atom stereocenters. The van der Waals surface area contributed by atoms with Gasteiger partial charge in [0.2, 0.25) is 0 Å². The second-order valence-corrected chi connectivity index (χ2v) is 3.91. The monoisotopic (exact) mass is 207 g/mol. The maximum Gasteiger partial charge on any atom is 0.0543 e. The van der Waals surface area contributed by atoms with Crippen molar-refractivity contribution >= 4 is 0 Å². The molecule has 1 aromatic rings. The minimum Gasteiger partial charge on any atom is -0.316 e. The first kappa shape index (κ1) is 12.1. The summed E-state index contributed by atoms with van der Waals surface area (Å²) in [6, 6.07) is 6.62. The molecule has 15 heavy (non-hydrogen) atoms. The number of pyridine rings is 1. The molecule has 0 saturated heterocycles. The molecule has 0 spiro atoms. The van der Waals surface area contributed by atoms with Gasteiger partial charge < -0.3 is 5.32 Å². The smallest absolute Gasteiger partial charge is 0.0543 e. The fourth-order valence-electron chi connectivity index (χ4n) is 1.63. The van der Waals surface area contributed by atoms with Crippen LogP contribution in [0.4, 0.5) is 0 Å². The van der Waals surface area contributed by atoms with Gasteiger partial charge in [-0.2, -0.15) is 0 Å². The number of aromatic nitrogens is 1. The van der Waals surface area contributed by atoms with Crippen LogP contribution in [-0.4, -0.2) is 36.6 Å². The normalized spacial score (nSPS) is 13.1. The number of nitrogens with one attached hydrogen (secondary N) is 1. The highest BCUT2D eigenvalue weighted by Gasteiger charge is 2.07. The minimum absolute atomic E-state index is 0.568. The minimum atomic E-state index is 0.568. The summed E-state index contributed by atoms with van der Waals surface area (Å²) in [4.78, 5) is 6.61. The lowest BCUT2D eigenvalue weighted by Crippen LogP contribution is -2.36. The van der Waals surface area contributed by atoms with E-state index in [1.807, 2.05) is 25.4 Å². The first-order valence-electron chi connectivity index (χ1n) is 5.52. The summed E-state index contributed by atoms with van der Waals surface area (Å²) in [5.41, 5.74) is 1.13. The van der Waals surface area contributed by atoms with Crippen molar-refractivity contribution in [3.05, 3.63) is 30.1 Å². The van der Waals surface area contributed by atoms with Crippen LogP contribution in [0.5, 0.6) is 0 Å². The molecule has 1 N–H and O–H groups in total. The molecule has 0 aliphatic carbocycles. The fraction of sp³-hybridized carbons (Fsp3) is 0.583. The number of hydrogen-bond acceptors (Lipinski definition) is 3. The van der Waals surface area contributed by atoms with E-state index in [1.165, 1.54) is 0 Å². The maximum absolute atomic E-state index is 4.32. The summed E-state index contributed by atoms with van der Waals surface area (Å²) >= 11 is 0. The lowest BCUT2D eigenvalue weighted by molar-refractivity contribution is 0.281. The zero-order valence-electron chi connectivity index (χ0n) is 9.90. The summed E-state index contributed by atoms with van der Waals surface area (Å²) in [5, 5.41) is 3.31. The highest BCUT2D eigenvalue weighted by atomic mass is 15.1. The molecule has 0 aliphatic rings. The van der Waals surface area contributed by atoms with Gasteiger partial charge in [-0.3, -0.25) is 9.88 Å². The van der Waals surface area contributed by atoms with Crippen LogP contribution < -0.4 is 5.32 Å². The van der Waals surface area contributed by atoms with Gasteiger partial charge in [0, 0.05) is 25.3 Å². The SMILES string of the molecule is CCC(CN(C)Cc1ccccn1)NC. The van der Waals surface area contributed by atoms with Gasteiger partial charge in [0.05, 0.1) is 5.69 Å². The first-order valence-corrected chi connectivity index (χ1v) is 5.52. The van der Waals surface area contributed by atoms with Crippen LogP contribution in [0.1, 0.15) is 19.0 Å². The quantitative estimate of drug-likeness (QED) is 0.766. The van der Waals surface area contributed by atoms with E-state index < -0.39 is 0 Å². The van der Waals surface area contributed by atoms with Crippen molar-refractivity contribution in [2.75, 3.05) is 20.6 Å². The standard InChI is InChI=1S/C12H21N3/c1-4-11(13-2)9-15(3)10-12-7-5-6-8-14-12/h5-8,11,13H,4,9-10H2,1-3H3. The zero-order chi connectivity index (χ0) is 11.1. The molecule has 0 amide bonds. The Morgan fingerprint density at radius 3 is 2.80 bits per heavy atom. The topological polar surface area (TPSA) is 28.2 Å². The summed E-state index contributed by atoms with van der Waals surface area (Å²) < 4.78 is 0. The average molecular weight is 207 g/mol. The van der Waals surface area contributed by atoms with E-state index in [0.717, 1.165) is 25.2 Å². The molecule has 1 heterocycles. The predicted octanol–water partition coefficient (Wildman–Crippen LogP) is 1.51. The highest BCUT2D eigenvalue weighted by Crippen LogP contribution is 2.00. The van der Waals surface area contributed by atoms with Crippen LogP contribution >= 0.6 is 0 Å². The number of rotatable bonds is 6. The third-order valence-corrected chi connectivity index (χ3v) is 2.59. The van der Waals surface area contributed by atoms with Crippen LogP contribution in [-0.2, 0) is 6.54 Å². The molecule has 1 aromatic heterocycles. The molecule has 0 bridgehead atoms. The maximum atomic E-state index is 4.32. The van der Waals surface area contributed by atoms with E-state index in [2.05, 4.69) is 35.2 Å². The van der Waals surface area contributed by atoms with Crippen molar-refractivity contribution in [2.24, 2.45) is 0 Å². The Morgan fingerprint density at radius 1 is 1.47 bits per heavy atom. The summed E-state index contributed by atoms with van der Waals surface area (Å²) in [7, 11) is 4.15. The van der Waals surface area contributed by atoms with Crippen LogP contribution in [0.15, 0.2) is 24.4 Å². The van der Waals surface area contributed by atoms with Crippen LogP contribution in [0.2, 0.25) is 0 Å². The molecular formula is C12H21N3. The molecule has 3 heteroatoms. The highest BCUT2D eigenvalue weighted by molar-refractivity contribution is 5.03. The second kappa shape index (κ2) is 6.53. The lowest BCUT2D eigenvalue weighted by atomic mass is 10.2. The van der Waals surface area contributed by atoms with E-state index >= 15 is 0 Å². The van der Waals surface area contributed by atoms with Crippen molar-refractivity contribution in [3.63, 3.8) is 0 Å². The molecule has 1 atom stereocenters. The number of nitrogens with zero attached hydrogens (tertiary/aromatic N) is 2. The molecule has 0 saturated carbocycles. The Kier molecular flexibility index (Phi) is 5.29. The van der Waals surface area contributed by atoms with Crippen molar-refractivity contribution in [2.45, 2.75) is 25.9 Å². The molecular weight excluding hydrogens is 186 g/mol.